The highest BCUT2D eigenvalue weighted by Gasteiger charge is 2.35. The number of β-amino-alcohol motifs (C(OH)–C–C–N with tert-alkyl or cyclic N) is 1. The van der Waals surface area contributed by atoms with Gasteiger partial charge in [0.05, 0.1) is 6.10 Å². The molecule has 2 amide bonds. The van der Waals surface area contributed by atoms with E-state index in [1.807, 2.05) is 29.2 Å². The quantitative estimate of drug-likeness (QED) is 0.710. The van der Waals surface area contributed by atoms with Crippen molar-refractivity contribution in [2.75, 3.05) is 38.0 Å². The van der Waals surface area contributed by atoms with Crippen LogP contribution in [0.15, 0.2) is 48.5 Å². The molecule has 2 N–H and O–H groups in total. The van der Waals surface area contributed by atoms with Gasteiger partial charge in [0.1, 0.15) is 0 Å². The molecule has 2 fully saturated rings. The first-order valence-electron chi connectivity index (χ1n) is 12.9. The predicted octanol–water partition coefficient (Wildman–Crippen LogP) is 2.74. The van der Waals surface area contributed by atoms with Crippen LogP contribution in [0.1, 0.15) is 47.7 Å². The van der Waals surface area contributed by atoms with Gasteiger partial charge in [-0.1, -0.05) is 30.3 Å². The summed E-state index contributed by atoms with van der Waals surface area (Å²) in [6.45, 7) is 5.98. The number of nitrogens with zero attached hydrogens (tertiary/aromatic N) is 3. The van der Waals surface area contributed by atoms with Crippen LogP contribution in [0.3, 0.4) is 0 Å². The third-order valence-corrected chi connectivity index (χ3v) is 7.88. The summed E-state index contributed by atoms with van der Waals surface area (Å²) >= 11 is 0. The Morgan fingerprint density at radius 2 is 1.66 bits per heavy atom. The van der Waals surface area contributed by atoms with Gasteiger partial charge >= 0.3 is 0 Å². The Morgan fingerprint density at radius 3 is 2.40 bits per heavy atom. The summed E-state index contributed by atoms with van der Waals surface area (Å²) in [5.74, 6) is 0.105. The maximum absolute atomic E-state index is 13.3. The lowest BCUT2D eigenvalue weighted by molar-refractivity contribution is -0.129. The highest BCUT2D eigenvalue weighted by atomic mass is 16.3. The van der Waals surface area contributed by atoms with E-state index in [-0.39, 0.29) is 17.9 Å². The summed E-state index contributed by atoms with van der Waals surface area (Å²) in [6, 6.07) is 16.6. The Hall–Kier alpha value is -2.90. The number of benzene rings is 2. The number of fused-ring (bicyclic) bond motifs is 1. The fraction of sp³-hybridized carbons (Fsp3) is 0.500. The van der Waals surface area contributed by atoms with Gasteiger partial charge in [0.15, 0.2) is 0 Å². The molecular weight excluding hydrogens is 440 g/mol. The number of piperidine rings is 2. The molecule has 35 heavy (non-hydrogen) atoms. The summed E-state index contributed by atoms with van der Waals surface area (Å²) in [4.78, 5) is 30.9. The Labute approximate surface area is 207 Å². The van der Waals surface area contributed by atoms with Crippen LogP contribution < -0.4 is 5.32 Å². The molecule has 0 aliphatic carbocycles. The molecule has 2 atom stereocenters. The maximum Gasteiger partial charge on any atom is 0.254 e. The molecule has 3 heterocycles. The number of aliphatic hydroxyl groups is 1. The monoisotopic (exact) mass is 476 g/mol. The van der Waals surface area contributed by atoms with E-state index in [2.05, 4.69) is 34.5 Å². The standard InChI is InChI=1S/C28H36N4O3/c1-20(33)30-14-10-24(11-15-30)29-25-8-4-7-22(17-25)28(35)32-16-12-26(27(34)19-32)31-13-9-21-5-2-3-6-23(21)18-31/h2-8,17,24,26-27,29,34H,9-16,18-19H2,1H3/t26-,27-/m0/s1. The second kappa shape index (κ2) is 10.4. The fourth-order valence-corrected chi connectivity index (χ4v) is 5.83. The number of hydrogen-bond acceptors (Lipinski definition) is 5. The minimum absolute atomic E-state index is 0.0264. The zero-order valence-corrected chi connectivity index (χ0v) is 20.5. The van der Waals surface area contributed by atoms with Gasteiger partial charge < -0.3 is 20.2 Å². The third-order valence-electron chi connectivity index (χ3n) is 7.88. The fourth-order valence-electron chi connectivity index (χ4n) is 5.83. The smallest absolute Gasteiger partial charge is 0.254 e. The van der Waals surface area contributed by atoms with E-state index in [0.29, 0.717) is 24.7 Å². The molecule has 0 unspecified atom stereocenters. The van der Waals surface area contributed by atoms with Crippen LogP contribution in [0.5, 0.6) is 0 Å². The first-order chi connectivity index (χ1) is 17.0. The second-order valence-electron chi connectivity index (χ2n) is 10.2. The Kier molecular flexibility index (Phi) is 7.07. The predicted molar refractivity (Wildman–Crippen MR) is 136 cm³/mol. The van der Waals surface area contributed by atoms with Crippen molar-refractivity contribution in [3.63, 3.8) is 0 Å². The zero-order valence-electron chi connectivity index (χ0n) is 20.5. The van der Waals surface area contributed by atoms with E-state index in [1.165, 1.54) is 11.1 Å². The lowest BCUT2D eigenvalue weighted by Crippen LogP contribution is -2.56. The summed E-state index contributed by atoms with van der Waals surface area (Å²) in [6.07, 6.45) is 3.04. The lowest BCUT2D eigenvalue weighted by atomic mass is 9.94. The lowest BCUT2D eigenvalue weighted by Gasteiger charge is -2.43. The number of rotatable bonds is 4. The van der Waals surface area contributed by atoms with Crippen molar-refractivity contribution in [2.45, 2.75) is 57.3 Å². The van der Waals surface area contributed by atoms with Gasteiger partial charge in [-0.3, -0.25) is 14.5 Å². The molecule has 7 nitrogen and oxygen atoms in total. The van der Waals surface area contributed by atoms with Gasteiger partial charge in [0, 0.05) is 69.5 Å². The normalized spacial score (nSPS) is 23.6. The van der Waals surface area contributed by atoms with Crippen LogP contribution >= 0.6 is 0 Å². The van der Waals surface area contributed by atoms with Crippen molar-refractivity contribution in [1.82, 2.24) is 14.7 Å². The van der Waals surface area contributed by atoms with E-state index in [4.69, 9.17) is 0 Å². The molecule has 186 valence electrons. The molecule has 0 saturated carbocycles. The van der Waals surface area contributed by atoms with Gasteiger partial charge in [0.2, 0.25) is 5.91 Å². The van der Waals surface area contributed by atoms with E-state index >= 15 is 0 Å². The molecule has 2 aromatic carbocycles. The number of likely N-dealkylation sites (tertiary alicyclic amines) is 2. The Morgan fingerprint density at radius 1 is 0.914 bits per heavy atom. The topological polar surface area (TPSA) is 76.1 Å². The number of nitrogens with one attached hydrogen (secondary N) is 1. The van der Waals surface area contributed by atoms with Gasteiger partial charge in [-0.15, -0.1) is 0 Å². The van der Waals surface area contributed by atoms with Crippen molar-refractivity contribution >= 4 is 17.5 Å². The first kappa shape index (κ1) is 23.8. The molecule has 3 aliphatic rings. The largest absolute Gasteiger partial charge is 0.390 e. The molecule has 2 aromatic rings. The maximum atomic E-state index is 13.3. The molecular formula is C28H36N4O3. The van der Waals surface area contributed by atoms with Gasteiger partial charge in [-0.05, 0) is 55.0 Å². The SMILES string of the molecule is CC(=O)N1CCC(Nc2cccc(C(=O)N3CC[C@H](N4CCc5ccccc5C4)[C@@H](O)C3)c2)CC1. The number of anilines is 1. The molecule has 0 radical (unpaired) electrons. The first-order valence-corrected chi connectivity index (χ1v) is 12.9. The molecule has 0 spiro atoms. The molecule has 7 heteroatoms. The summed E-state index contributed by atoms with van der Waals surface area (Å²) < 4.78 is 0. The average molecular weight is 477 g/mol. The number of carbonyl (C=O) groups is 2. The Balaban J connectivity index is 1.17. The van der Waals surface area contributed by atoms with E-state index in [1.54, 1.807) is 11.8 Å². The second-order valence-corrected chi connectivity index (χ2v) is 10.2. The number of amides is 2. The number of carbonyl (C=O) groups excluding carboxylic acids is 2. The van der Waals surface area contributed by atoms with E-state index in [0.717, 1.165) is 57.5 Å². The average Bonchev–Trinajstić information content (AvgIpc) is 2.88. The minimum atomic E-state index is -0.550. The van der Waals surface area contributed by atoms with Crippen molar-refractivity contribution in [3.05, 3.63) is 65.2 Å². The Bertz CT molecular complexity index is 1070. The molecule has 5 rings (SSSR count). The zero-order chi connectivity index (χ0) is 24.4. The van der Waals surface area contributed by atoms with Crippen LogP contribution in [-0.4, -0.2) is 82.5 Å². The molecule has 0 aromatic heterocycles. The van der Waals surface area contributed by atoms with Crippen LogP contribution in [0.2, 0.25) is 0 Å². The minimum Gasteiger partial charge on any atom is -0.390 e. The molecule has 0 bridgehead atoms. The van der Waals surface area contributed by atoms with Crippen molar-refractivity contribution in [1.29, 1.82) is 0 Å². The highest BCUT2D eigenvalue weighted by Crippen LogP contribution is 2.26. The van der Waals surface area contributed by atoms with E-state index in [9.17, 15) is 14.7 Å². The van der Waals surface area contributed by atoms with Crippen molar-refractivity contribution in [2.24, 2.45) is 0 Å². The van der Waals surface area contributed by atoms with Crippen molar-refractivity contribution < 1.29 is 14.7 Å². The van der Waals surface area contributed by atoms with Gasteiger partial charge in [-0.2, -0.15) is 0 Å². The van der Waals surface area contributed by atoms with Crippen LogP contribution in [-0.2, 0) is 17.8 Å². The van der Waals surface area contributed by atoms with E-state index < -0.39 is 6.10 Å². The highest BCUT2D eigenvalue weighted by molar-refractivity contribution is 5.95. The van der Waals surface area contributed by atoms with Crippen LogP contribution in [0.4, 0.5) is 5.69 Å². The summed E-state index contributed by atoms with van der Waals surface area (Å²) in [5, 5.41) is 14.5. The molecule has 3 aliphatic heterocycles. The summed E-state index contributed by atoms with van der Waals surface area (Å²) in [7, 11) is 0. The number of aliphatic hydroxyl groups excluding tert-OH is 1. The summed E-state index contributed by atoms with van der Waals surface area (Å²) in [5.41, 5.74) is 4.33. The van der Waals surface area contributed by atoms with Gasteiger partial charge in [0.25, 0.3) is 5.91 Å². The third kappa shape index (κ3) is 5.36. The molecule has 2 saturated heterocycles. The van der Waals surface area contributed by atoms with Crippen LogP contribution in [0.25, 0.3) is 0 Å². The van der Waals surface area contributed by atoms with Crippen molar-refractivity contribution in [3.8, 4) is 0 Å². The van der Waals surface area contributed by atoms with Crippen LogP contribution in [0, 0.1) is 0 Å². The number of hydrogen-bond donors (Lipinski definition) is 2. The van der Waals surface area contributed by atoms with Gasteiger partial charge in [-0.25, -0.2) is 0 Å².